The van der Waals surface area contributed by atoms with Crippen LogP contribution < -0.4 is 5.32 Å². The van der Waals surface area contributed by atoms with Gasteiger partial charge < -0.3 is 5.32 Å². The van der Waals surface area contributed by atoms with Gasteiger partial charge in [-0.1, -0.05) is 37.6 Å². The summed E-state index contributed by atoms with van der Waals surface area (Å²) in [6.07, 6.45) is 9.45. The van der Waals surface area contributed by atoms with Gasteiger partial charge in [-0.2, -0.15) is 0 Å². The van der Waals surface area contributed by atoms with Crippen LogP contribution in [0.15, 0.2) is 23.8 Å². The molecule has 0 spiro atoms. The Labute approximate surface area is 81.9 Å². The molecule has 2 rings (SSSR count). The maximum absolute atomic E-state index is 3.55. The summed E-state index contributed by atoms with van der Waals surface area (Å²) in [5.41, 5.74) is 1.50. The molecule has 1 aliphatic heterocycles. The summed E-state index contributed by atoms with van der Waals surface area (Å²) < 4.78 is 0. The molecule has 0 saturated carbocycles. The minimum absolute atomic E-state index is 0.647. The molecule has 1 heteroatoms. The number of allylic oxidation sites excluding steroid dienone is 2. The molecule has 0 amide bonds. The first-order valence-electron chi connectivity index (χ1n) is 5.46. The van der Waals surface area contributed by atoms with E-state index in [2.05, 4.69) is 30.5 Å². The topological polar surface area (TPSA) is 12.0 Å². The lowest BCUT2D eigenvalue weighted by atomic mass is 9.83. The zero-order valence-electron chi connectivity index (χ0n) is 9.01. The van der Waals surface area contributed by atoms with Gasteiger partial charge in [0, 0.05) is 6.04 Å². The highest BCUT2D eigenvalue weighted by Gasteiger charge is 2.24. The molecule has 1 saturated heterocycles. The van der Waals surface area contributed by atoms with E-state index in [-0.39, 0.29) is 0 Å². The van der Waals surface area contributed by atoms with Gasteiger partial charge in [-0.3, -0.25) is 0 Å². The maximum Gasteiger partial charge on any atom is 0.0343 e. The van der Waals surface area contributed by atoms with Gasteiger partial charge in [0.2, 0.25) is 0 Å². The summed E-state index contributed by atoms with van der Waals surface area (Å²) in [5, 5.41) is 3.55. The van der Waals surface area contributed by atoms with Crippen molar-refractivity contribution in [1.82, 2.24) is 5.32 Å². The molecule has 74 valence electrons. The van der Waals surface area contributed by atoms with E-state index in [4.69, 9.17) is 0 Å². The highest BCUT2D eigenvalue weighted by Crippen LogP contribution is 2.25. The fraction of sp³-hybridized carbons (Fsp3) is 0.667. The van der Waals surface area contributed by atoms with E-state index < -0.39 is 0 Å². The Kier molecular flexibility index (Phi) is 4.23. The number of rotatable bonds is 0. The van der Waals surface area contributed by atoms with Gasteiger partial charge in [0.15, 0.2) is 0 Å². The number of nitrogens with one attached hydrogen (secondary N) is 1. The smallest absolute Gasteiger partial charge is 0.0343 e. The first kappa shape index (κ1) is 10.5. The largest absolute Gasteiger partial charge is 0.310 e. The zero-order valence-corrected chi connectivity index (χ0v) is 9.01. The van der Waals surface area contributed by atoms with E-state index in [9.17, 15) is 0 Å². The Morgan fingerprint density at radius 1 is 1.38 bits per heavy atom. The van der Waals surface area contributed by atoms with E-state index in [1.165, 1.54) is 25.0 Å². The Bertz CT molecular complexity index is 203. The van der Waals surface area contributed by atoms with Crippen molar-refractivity contribution in [2.75, 3.05) is 6.54 Å². The quantitative estimate of drug-likeness (QED) is 0.603. The fourth-order valence-electron chi connectivity index (χ4n) is 2.07. The summed E-state index contributed by atoms with van der Waals surface area (Å²) in [7, 11) is 0. The normalized spacial score (nSPS) is 31.2. The van der Waals surface area contributed by atoms with E-state index in [1.54, 1.807) is 0 Å². The van der Waals surface area contributed by atoms with E-state index in [0.717, 1.165) is 5.92 Å². The van der Waals surface area contributed by atoms with Crippen molar-refractivity contribution in [2.24, 2.45) is 5.92 Å². The molecular formula is C12H21N. The van der Waals surface area contributed by atoms with E-state index >= 15 is 0 Å². The Hall–Kier alpha value is -0.560. The zero-order chi connectivity index (χ0) is 9.68. The van der Waals surface area contributed by atoms with Crippen LogP contribution in [0.1, 0.15) is 33.6 Å². The van der Waals surface area contributed by atoms with Crippen LogP contribution in [0.2, 0.25) is 0 Å². The van der Waals surface area contributed by atoms with Crippen molar-refractivity contribution in [3.63, 3.8) is 0 Å². The molecule has 1 nitrogen and oxygen atoms in total. The molecule has 0 bridgehead atoms. The molecule has 0 aromatic heterocycles. The standard InChI is InChI=1S/C10H15N.C2H6/c1-8-4-2-5-9-6-3-7-11-10(8)9;1-2/h2,4-5,9-11H,3,6-7H2,1H3;1-2H3. The number of fused-ring (bicyclic) bond motifs is 1. The SMILES string of the molecule is CC.CC1=CC=CC2CCCNC12. The molecule has 2 unspecified atom stereocenters. The van der Waals surface area contributed by atoms with Crippen molar-refractivity contribution in [1.29, 1.82) is 0 Å². The molecule has 0 aromatic rings. The molecule has 13 heavy (non-hydrogen) atoms. The summed E-state index contributed by atoms with van der Waals surface area (Å²) in [4.78, 5) is 0. The molecule has 2 aliphatic rings. The predicted molar refractivity (Wildman–Crippen MR) is 58.8 cm³/mol. The van der Waals surface area contributed by atoms with Crippen LogP contribution in [0.3, 0.4) is 0 Å². The van der Waals surface area contributed by atoms with Gasteiger partial charge in [0.25, 0.3) is 0 Å². The number of hydrogen-bond acceptors (Lipinski definition) is 1. The van der Waals surface area contributed by atoms with Crippen LogP contribution in [-0.2, 0) is 0 Å². The Morgan fingerprint density at radius 2 is 2.15 bits per heavy atom. The first-order valence-corrected chi connectivity index (χ1v) is 5.46. The van der Waals surface area contributed by atoms with Crippen LogP contribution in [0, 0.1) is 5.92 Å². The molecule has 1 N–H and O–H groups in total. The highest BCUT2D eigenvalue weighted by molar-refractivity contribution is 5.25. The van der Waals surface area contributed by atoms with Crippen LogP contribution >= 0.6 is 0 Å². The highest BCUT2D eigenvalue weighted by atomic mass is 14.9. The maximum atomic E-state index is 3.55. The molecular weight excluding hydrogens is 158 g/mol. The lowest BCUT2D eigenvalue weighted by molar-refractivity contribution is 0.359. The van der Waals surface area contributed by atoms with E-state index in [0.29, 0.717) is 6.04 Å². The third-order valence-electron chi connectivity index (χ3n) is 2.71. The third kappa shape index (κ3) is 2.44. The van der Waals surface area contributed by atoms with Crippen LogP contribution in [-0.4, -0.2) is 12.6 Å². The number of hydrogen-bond donors (Lipinski definition) is 1. The van der Waals surface area contributed by atoms with Crippen molar-refractivity contribution >= 4 is 0 Å². The average Bonchev–Trinajstić information content (AvgIpc) is 2.22. The average molecular weight is 179 g/mol. The van der Waals surface area contributed by atoms with Crippen LogP contribution in [0.25, 0.3) is 0 Å². The van der Waals surface area contributed by atoms with Gasteiger partial charge >= 0.3 is 0 Å². The van der Waals surface area contributed by atoms with Crippen molar-refractivity contribution in [3.05, 3.63) is 23.8 Å². The van der Waals surface area contributed by atoms with Crippen molar-refractivity contribution in [2.45, 2.75) is 39.7 Å². The molecule has 0 aromatic carbocycles. The lowest BCUT2D eigenvalue weighted by Gasteiger charge is -2.33. The van der Waals surface area contributed by atoms with Gasteiger partial charge in [0.05, 0.1) is 0 Å². The van der Waals surface area contributed by atoms with E-state index in [1.807, 2.05) is 13.8 Å². The van der Waals surface area contributed by atoms with Crippen LogP contribution in [0.5, 0.6) is 0 Å². The van der Waals surface area contributed by atoms with Crippen molar-refractivity contribution in [3.8, 4) is 0 Å². The summed E-state index contributed by atoms with van der Waals surface area (Å²) in [5.74, 6) is 0.772. The number of piperidine rings is 1. The second-order valence-corrected chi connectivity index (χ2v) is 3.53. The molecule has 1 aliphatic carbocycles. The second-order valence-electron chi connectivity index (χ2n) is 3.53. The molecule has 0 radical (unpaired) electrons. The van der Waals surface area contributed by atoms with Gasteiger partial charge in [-0.15, -0.1) is 0 Å². The predicted octanol–water partition coefficient (Wildman–Crippen LogP) is 2.90. The van der Waals surface area contributed by atoms with Crippen LogP contribution in [0.4, 0.5) is 0 Å². The minimum Gasteiger partial charge on any atom is -0.310 e. The fourth-order valence-corrected chi connectivity index (χ4v) is 2.07. The van der Waals surface area contributed by atoms with Crippen molar-refractivity contribution < 1.29 is 0 Å². The van der Waals surface area contributed by atoms with Gasteiger partial charge in [-0.25, -0.2) is 0 Å². The van der Waals surface area contributed by atoms with Gasteiger partial charge in [-0.05, 0) is 32.2 Å². The Balaban J connectivity index is 0.000000396. The second kappa shape index (κ2) is 5.23. The minimum atomic E-state index is 0.647. The monoisotopic (exact) mass is 179 g/mol. The molecule has 1 heterocycles. The Morgan fingerprint density at radius 3 is 2.85 bits per heavy atom. The third-order valence-corrected chi connectivity index (χ3v) is 2.71. The molecule has 1 fully saturated rings. The first-order chi connectivity index (χ1) is 6.38. The lowest BCUT2D eigenvalue weighted by Crippen LogP contribution is -2.42. The summed E-state index contributed by atoms with van der Waals surface area (Å²) >= 11 is 0. The molecule has 2 atom stereocenters. The summed E-state index contributed by atoms with van der Waals surface area (Å²) in [6.45, 7) is 7.42. The summed E-state index contributed by atoms with van der Waals surface area (Å²) in [6, 6.07) is 0.647. The van der Waals surface area contributed by atoms with Gasteiger partial charge in [0.1, 0.15) is 0 Å².